The number of fused-ring (bicyclic) bond motifs is 1. The fourth-order valence-electron chi connectivity index (χ4n) is 3.94. The van der Waals surface area contributed by atoms with Crippen LogP contribution in [0.5, 0.6) is 17.2 Å². The number of carbonyl (C=O) groups is 1. The highest BCUT2D eigenvalue weighted by Gasteiger charge is 2.24. The zero-order valence-corrected chi connectivity index (χ0v) is 21.0. The molecule has 0 radical (unpaired) electrons. The Kier molecular flexibility index (Phi) is 7.67. The van der Waals surface area contributed by atoms with Crippen LogP contribution in [0, 0.1) is 6.92 Å². The second-order valence-corrected chi connectivity index (χ2v) is 8.90. The number of amides is 1. The molecule has 1 aliphatic heterocycles. The minimum Gasteiger partial charge on any atom is -0.490 e. The van der Waals surface area contributed by atoms with Crippen molar-refractivity contribution in [2.75, 3.05) is 25.6 Å². The summed E-state index contributed by atoms with van der Waals surface area (Å²) in [4.78, 5) is 18.1. The molecule has 3 aromatic rings. The molecule has 180 valence electrons. The molecule has 2 heterocycles. The van der Waals surface area contributed by atoms with Gasteiger partial charge >= 0.3 is 0 Å². The number of nitrogens with zero attached hydrogens (tertiary/aromatic N) is 2. The quantitative estimate of drug-likeness (QED) is 0.435. The molecule has 34 heavy (non-hydrogen) atoms. The zero-order valence-electron chi connectivity index (χ0n) is 20.1. The fraction of sp³-hybridized carbons (Fsp3) is 0.385. The molecular weight excluding hydrogens is 450 g/mol. The Labute approximate surface area is 204 Å². The maximum absolute atomic E-state index is 13.2. The second-order valence-electron chi connectivity index (χ2n) is 7.84. The van der Waals surface area contributed by atoms with Gasteiger partial charge < -0.3 is 24.1 Å². The number of hydrogen-bond acceptors (Lipinski definition) is 6. The highest BCUT2D eigenvalue weighted by Crippen LogP contribution is 2.39. The largest absolute Gasteiger partial charge is 0.490 e. The Hall–Kier alpha value is -3.13. The molecule has 0 unspecified atom stereocenters. The van der Waals surface area contributed by atoms with E-state index in [0.717, 1.165) is 34.4 Å². The Morgan fingerprint density at radius 1 is 1.03 bits per heavy atom. The molecule has 4 rings (SSSR count). The summed E-state index contributed by atoms with van der Waals surface area (Å²) in [7, 11) is 0. The second kappa shape index (κ2) is 10.9. The number of aromatic nitrogens is 2. The highest BCUT2D eigenvalue weighted by molar-refractivity contribution is 7.99. The van der Waals surface area contributed by atoms with Crippen LogP contribution in [0.2, 0.25) is 0 Å². The highest BCUT2D eigenvalue weighted by atomic mass is 32.2. The van der Waals surface area contributed by atoms with Gasteiger partial charge in [-0.05, 0) is 39.8 Å². The summed E-state index contributed by atoms with van der Waals surface area (Å²) in [6.07, 6.45) is 0. The number of rotatable bonds is 10. The average Bonchev–Trinajstić information content (AvgIpc) is 3.42. The maximum Gasteiger partial charge on any atom is 0.251 e. The van der Waals surface area contributed by atoms with E-state index in [9.17, 15) is 4.79 Å². The number of ether oxygens (including phenoxy) is 3. The molecule has 1 amide bonds. The van der Waals surface area contributed by atoms with E-state index in [1.807, 2.05) is 20.8 Å². The summed E-state index contributed by atoms with van der Waals surface area (Å²) in [6, 6.07) is 11.8. The summed E-state index contributed by atoms with van der Waals surface area (Å²) in [5, 5.41) is 4.08. The first-order valence-electron chi connectivity index (χ1n) is 11.7. The number of aryl methyl sites for hydroxylation is 1. The van der Waals surface area contributed by atoms with Gasteiger partial charge in [0, 0.05) is 23.4 Å². The zero-order chi connectivity index (χ0) is 24.1. The Bertz CT molecular complexity index is 1130. The lowest BCUT2D eigenvalue weighted by atomic mass is 10.1. The van der Waals surface area contributed by atoms with E-state index in [2.05, 4.69) is 41.1 Å². The first-order valence-corrected chi connectivity index (χ1v) is 12.7. The topological polar surface area (TPSA) is 74.6 Å². The van der Waals surface area contributed by atoms with Gasteiger partial charge in [-0.1, -0.05) is 41.6 Å². The van der Waals surface area contributed by atoms with E-state index >= 15 is 0 Å². The molecule has 0 saturated carbocycles. The van der Waals surface area contributed by atoms with Crippen molar-refractivity contribution in [2.24, 2.45) is 0 Å². The van der Waals surface area contributed by atoms with E-state index < -0.39 is 0 Å². The average molecular weight is 482 g/mol. The van der Waals surface area contributed by atoms with Gasteiger partial charge in [0.05, 0.1) is 37.8 Å². The van der Waals surface area contributed by atoms with Crippen LogP contribution in [-0.2, 0) is 13.1 Å². The summed E-state index contributed by atoms with van der Waals surface area (Å²) in [5.41, 5.74) is 4.64. The molecule has 1 N–H and O–H groups in total. The van der Waals surface area contributed by atoms with Crippen LogP contribution < -0.4 is 19.5 Å². The van der Waals surface area contributed by atoms with Gasteiger partial charge in [0.2, 0.25) is 5.75 Å². The van der Waals surface area contributed by atoms with Crippen LogP contribution in [0.4, 0.5) is 0 Å². The van der Waals surface area contributed by atoms with Crippen molar-refractivity contribution < 1.29 is 19.0 Å². The third-order valence-electron chi connectivity index (χ3n) is 5.50. The van der Waals surface area contributed by atoms with Crippen LogP contribution in [0.25, 0.3) is 11.3 Å². The van der Waals surface area contributed by atoms with Crippen molar-refractivity contribution in [3.63, 3.8) is 0 Å². The van der Waals surface area contributed by atoms with Gasteiger partial charge in [-0.15, -0.1) is 0 Å². The summed E-state index contributed by atoms with van der Waals surface area (Å²) < 4.78 is 19.5. The Morgan fingerprint density at radius 3 is 2.29 bits per heavy atom. The number of hydrogen-bond donors (Lipinski definition) is 1. The molecule has 0 fully saturated rings. The Balaban J connectivity index is 1.61. The van der Waals surface area contributed by atoms with Gasteiger partial charge in [-0.2, -0.15) is 0 Å². The van der Waals surface area contributed by atoms with Crippen LogP contribution in [0.3, 0.4) is 0 Å². The van der Waals surface area contributed by atoms with E-state index in [1.54, 1.807) is 23.9 Å². The van der Waals surface area contributed by atoms with Crippen LogP contribution in [-0.4, -0.2) is 41.0 Å². The lowest BCUT2D eigenvalue weighted by Gasteiger charge is -2.17. The predicted octanol–water partition coefficient (Wildman–Crippen LogP) is 5.09. The normalized spacial score (nSPS) is 12.4. The third kappa shape index (κ3) is 5.01. The molecule has 0 bridgehead atoms. The number of benzene rings is 2. The molecular formula is C26H31N3O4S. The molecule has 0 saturated heterocycles. The molecule has 1 aromatic heterocycles. The van der Waals surface area contributed by atoms with Gasteiger partial charge in [0.1, 0.15) is 0 Å². The Morgan fingerprint density at radius 2 is 1.68 bits per heavy atom. The number of imidazole rings is 1. The summed E-state index contributed by atoms with van der Waals surface area (Å²) in [5.74, 6) is 2.31. The fourth-order valence-corrected chi connectivity index (χ4v) is 4.91. The molecule has 2 aromatic carbocycles. The molecule has 7 nitrogen and oxygen atoms in total. The van der Waals surface area contributed by atoms with E-state index in [4.69, 9.17) is 19.2 Å². The van der Waals surface area contributed by atoms with Gasteiger partial charge in [0.25, 0.3) is 5.91 Å². The van der Waals surface area contributed by atoms with Crippen molar-refractivity contribution in [3.05, 3.63) is 53.2 Å². The van der Waals surface area contributed by atoms with Crippen LogP contribution in [0.1, 0.15) is 42.4 Å². The van der Waals surface area contributed by atoms with Crippen molar-refractivity contribution in [1.82, 2.24) is 14.9 Å². The number of nitrogens with one attached hydrogen (secondary N) is 1. The number of carbonyl (C=O) groups excluding carboxylic acids is 1. The first-order chi connectivity index (χ1) is 16.5. The summed E-state index contributed by atoms with van der Waals surface area (Å²) in [6.45, 7) is 10.4. The molecule has 0 spiro atoms. The number of thioether (sulfide) groups is 1. The molecule has 0 aliphatic carbocycles. The van der Waals surface area contributed by atoms with Gasteiger partial charge in [-0.25, -0.2) is 4.98 Å². The minimum absolute atomic E-state index is 0.207. The SMILES string of the molecule is CCOc1cc(C(=O)NCc2c(-c3ccc(C)cc3)nc3n2CCS3)cc(OCC)c1OCC. The predicted molar refractivity (Wildman–Crippen MR) is 134 cm³/mol. The summed E-state index contributed by atoms with van der Waals surface area (Å²) >= 11 is 1.74. The van der Waals surface area contributed by atoms with Crippen LogP contribution in [0.15, 0.2) is 41.6 Å². The lowest BCUT2D eigenvalue weighted by Crippen LogP contribution is -2.25. The van der Waals surface area contributed by atoms with Gasteiger partial charge in [0.15, 0.2) is 16.7 Å². The van der Waals surface area contributed by atoms with Crippen LogP contribution >= 0.6 is 11.8 Å². The van der Waals surface area contributed by atoms with Crippen molar-refractivity contribution in [2.45, 2.75) is 45.9 Å². The smallest absolute Gasteiger partial charge is 0.251 e. The molecule has 8 heteroatoms. The monoisotopic (exact) mass is 481 g/mol. The van der Waals surface area contributed by atoms with E-state index in [0.29, 0.717) is 49.2 Å². The van der Waals surface area contributed by atoms with Crippen molar-refractivity contribution in [1.29, 1.82) is 0 Å². The first kappa shape index (κ1) is 24.0. The van der Waals surface area contributed by atoms with Crippen molar-refractivity contribution >= 4 is 17.7 Å². The third-order valence-corrected chi connectivity index (χ3v) is 6.45. The van der Waals surface area contributed by atoms with Crippen molar-refractivity contribution in [3.8, 4) is 28.5 Å². The molecule has 1 aliphatic rings. The van der Waals surface area contributed by atoms with E-state index in [-0.39, 0.29) is 5.91 Å². The standard InChI is InChI=1S/C26H31N3O4S/c1-5-31-21-14-19(15-22(32-6-2)24(21)33-7-3)25(30)27-16-20-23(18-10-8-17(4)9-11-18)28-26-29(20)12-13-34-26/h8-11,14-15H,5-7,12-13,16H2,1-4H3,(H,27,30). The van der Waals surface area contributed by atoms with Gasteiger partial charge in [-0.3, -0.25) is 4.79 Å². The lowest BCUT2D eigenvalue weighted by molar-refractivity contribution is 0.0949. The van der Waals surface area contributed by atoms with E-state index in [1.165, 1.54) is 5.56 Å². The minimum atomic E-state index is -0.207. The molecule has 0 atom stereocenters. The maximum atomic E-state index is 13.2.